The van der Waals surface area contributed by atoms with Gasteiger partial charge in [-0.15, -0.1) is 11.3 Å². The molecule has 5 nitrogen and oxygen atoms in total. The largest absolute Gasteiger partial charge is 0.481 e. The molecule has 0 fully saturated rings. The summed E-state index contributed by atoms with van der Waals surface area (Å²) in [6.45, 7) is 2.03. The number of anilines is 1. The first-order chi connectivity index (χ1) is 10.1. The van der Waals surface area contributed by atoms with Crippen molar-refractivity contribution in [2.75, 3.05) is 5.32 Å². The van der Waals surface area contributed by atoms with Crippen LogP contribution in [0.1, 0.15) is 48.0 Å². The predicted molar refractivity (Wildman–Crippen MR) is 81.7 cm³/mol. The van der Waals surface area contributed by atoms with Crippen LogP contribution in [-0.4, -0.2) is 21.0 Å². The molecule has 0 amide bonds. The minimum absolute atomic E-state index is 0.0436. The SMILES string of the molecule is CC(Nc1nc2c(s1)CCCC2C(=O)O)c1ccccn1. The first kappa shape index (κ1) is 14.0. The highest BCUT2D eigenvalue weighted by molar-refractivity contribution is 7.15. The fourth-order valence-corrected chi connectivity index (χ4v) is 3.76. The number of carboxylic acid groups (broad SMARTS) is 1. The first-order valence-electron chi connectivity index (χ1n) is 7.05. The molecule has 2 heterocycles. The van der Waals surface area contributed by atoms with Crippen LogP contribution in [0, 0.1) is 0 Å². The molecule has 0 aliphatic heterocycles. The summed E-state index contributed by atoms with van der Waals surface area (Å²) in [5.74, 6) is -1.23. The number of nitrogens with zero attached hydrogens (tertiary/aromatic N) is 2. The molecule has 0 aromatic carbocycles. The molecule has 0 bridgehead atoms. The van der Waals surface area contributed by atoms with Crippen molar-refractivity contribution < 1.29 is 9.90 Å². The lowest BCUT2D eigenvalue weighted by Crippen LogP contribution is -2.17. The van der Waals surface area contributed by atoms with Gasteiger partial charge in [-0.1, -0.05) is 6.07 Å². The number of aryl methyl sites for hydroxylation is 1. The van der Waals surface area contributed by atoms with Gasteiger partial charge in [-0.05, 0) is 38.3 Å². The summed E-state index contributed by atoms with van der Waals surface area (Å²) in [7, 11) is 0. The van der Waals surface area contributed by atoms with Gasteiger partial charge >= 0.3 is 5.97 Å². The third-order valence-electron chi connectivity index (χ3n) is 3.72. The summed E-state index contributed by atoms with van der Waals surface area (Å²) in [6, 6.07) is 5.84. The third kappa shape index (κ3) is 2.90. The van der Waals surface area contributed by atoms with Gasteiger partial charge in [0.05, 0.1) is 17.4 Å². The van der Waals surface area contributed by atoms with E-state index in [0.29, 0.717) is 6.42 Å². The standard InChI is InChI=1S/C15H17N3O2S/c1-9(11-6-2-3-8-16-11)17-15-18-13-10(14(19)20)5-4-7-12(13)21-15/h2-3,6,8-10H,4-5,7H2,1H3,(H,17,18)(H,19,20). The van der Waals surface area contributed by atoms with Gasteiger partial charge in [0.2, 0.25) is 0 Å². The Kier molecular flexibility index (Phi) is 3.88. The van der Waals surface area contributed by atoms with Crippen LogP contribution in [0.5, 0.6) is 0 Å². The van der Waals surface area contributed by atoms with Crippen LogP contribution in [0.2, 0.25) is 0 Å². The molecule has 110 valence electrons. The molecule has 2 N–H and O–H groups in total. The van der Waals surface area contributed by atoms with E-state index in [9.17, 15) is 9.90 Å². The average Bonchev–Trinajstić information content (AvgIpc) is 2.89. The van der Waals surface area contributed by atoms with Crippen LogP contribution in [0.4, 0.5) is 5.13 Å². The van der Waals surface area contributed by atoms with E-state index in [1.807, 2.05) is 25.1 Å². The third-order valence-corrected chi connectivity index (χ3v) is 4.79. The second-order valence-corrected chi connectivity index (χ2v) is 6.31. The summed E-state index contributed by atoms with van der Waals surface area (Å²) in [5, 5.41) is 13.4. The number of rotatable bonds is 4. The summed E-state index contributed by atoms with van der Waals surface area (Å²) in [6.07, 6.45) is 4.29. The van der Waals surface area contributed by atoms with E-state index < -0.39 is 11.9 Å². The summed E-state index contributed by atoms with van der Waals surface area (Å²) in [5.41, 5.74) is 1.69. The van der Waals surface area contributed by atoms with Crippen molar-refractivity contribution in [2.24, 2.45) is 0 Å². The number of carboxylic acids is 1. The summed E-state index contributed by atoms with van der Waals surface area (Å²) in [4.78, 5) is 21.2. The number of aliphatic carboxylic acids is 1. The molecule has 1 aliphatic rings. The molecule has 2 aromatic heterocycles. The van der Waals surface area contributed by atoms with Crippen LogP contribution in [0.25, 0.3) is 0 Å². The van der Waals surface area contributed by atoms with E-state index in [-0.39, 0.29) is 6.04 Å². The number of carbonyl (C=O) groups is 1. The van der Waals surface area contributed by atoms with Gasteiger partial charge in [0.1, 0.15) is 5.92 Å². The number of hydrogen-bond donors (Lipinski definition) is 2. The van der Waals surface area contributed by atoms with Crippen LogP contribution in [0.3, 0.4) is 0 Å². The second kappa shape index (κ2) is 5.81. The summed E-state index contributed by atoms with van der Waals surface area (Å²) < 4.78 is 0. The minimum Gasteiger partial charge on any atom is -0.481 e. The van der Waals surface area contributed by atoms with Crippen molar-refractivity contribution in [3.05, 3.63) is 40.7 Å². The van der Waals surface area contributed by atoms with Crippen molar-refractivity contribution in [3.8, 4) is 0 Å². The monoisotopic (exact) mass is 303 g/mol. The number of aromatic nitrogens is 2. The van der Waals surface area contributed by atoms with Crippen LogP contribution in [0.15, 0.2) is 24.4 Å². The Morgan fingerprint density at radius 2 is 2.38 bits per heavy atom. The smallest absolute Gasteiger partial charge is 0.312 e. The van der Waals surface area contributed by atoms with Crippen molar-refractivity contribution in [1.29, 1.82) is 0 Å². The number of nitrogens with one attached hydrogen (secondary N) is 1. The quantitative estimate of drug-likeness (QED) is 0.907. The molecule has 1 aliphatic carbocycles. The van der Waals surface area contributed by atoms with E-state index >= 15 is 0 Å². The number of pyridine rings is 1. The molecular formula is C15H17N3O2S. The van der Waals surface area contributed by atoms with Gasteiger partial charge in [-0.2, -0.15) is 0 Å². The molecule has 3 rings (SSSR count). The molecule has 0 spiro atoms. The number of hydrogen-bond acceptors (Lipinski definition) is 5. The van der Waals surface area contributed by atoms with Crippen LogP contribution >= 0.6 is 11.3 Å². The van der Waals surface area contributed by atoms with Crippen molar-refractivity contribution in [2.45, 2.75) is 38.1 Å². The highest BCUT2D eigenvalue weighted by Crippen LogP contribution is 2.37. The molecule has 2 aromatic rings. The van der Waals surface area contributed by atoms with E-state index in [1.165, 1.54) is 0 Å². The zero-order chi connectivity index (χ0) is 14.8. The van der Waals surface area contributed by atoms with Gasteiger partial charge in [-0.25, -0.2) is 4.98 Å². The second-order valence-electron chi connectivity index (χ2n) is 5.23. The Labute approximate surface area is 127 Å². The van der Waals surface area contributed by atoms with Gasteiger partial charge in [-0.3, -0.25) is 9.78 Å². The van der Waals surface area contributed by atoms with Gasteiger partial charge in [0.25, 0.3) is 0 Å². The van der Waals surface area contributed by atoms with Gasteiger partial charge in [0, 0.05) is 11.1 Å². The number of fused-ring (bicyclic) bond motifs is 1. The Bertz CT molecular complexity index is 642. The highest BCUT2D eigenvalue weighted by atomic mass is 32.1. The maximum atomic E-state index is 11.3. The lowest BCUT2D eigenvalue weighted by Gasteiger charge is -2.16. The zero-order valence-electron chi connectivity index (χ0n) is 11.7. The molecule has 6 heteroatoms. The minimum atomic E-state index is -0.773. The van der Waals surface area contributed by atoms with Crippen molar-refractivity contribution in [1.82, 2.24) is 9.97 Å². The molecule has 2 atom stereocenters. The fourth-order valence-electron chi connectivity index (χ4n) is 2.61. The highest BCUT2D eigenvalue weighted by Gasteiger charge is 2.30. The Hall–Kier alpha value is -1.95. The van der Waals surface area contributed by atoms with Crippen molar-refractivity contribution in [3.63, 3.8) is 0 Å². The Morgan fingerprint density at radius 1 is 1.52 bits per heavy atom. The molecule has 21 heavy (non-hydrogen) atoms. The van der Waals surface area contributed by atoms with Gasteiger partial charge < -0.3 is 10.4 Å². The lowest BCUT2D eigenvalue weighted by atomic mass is 9.91. The average molecular weight is 303 g/mol. The fraction of sp³-hybridized carbons (Fsp3) is 0.400. The first-order valence-corrected chi connectivity index (χ1v) is 7.86. The summed E-state index contributed by atoms with van der Waals surface area (Å²) >= 11 is 1.57. The zero-order valence-corrected chi connectivity index (χ0v) is 12.6. The molecule has 0 saturated carbocycles. The Balaban J connectivity index is 1.80. The van der Waals surface area contributed by atoms with Crippen molar-refractivity contribution >= 4 is 22.4 Å². The van der Waals surface area contributed by atoms with E-state index in [1.54, 1.807) is 17.5 Å². The molecule has 0 saturated heterocycles. The maximum Gasteiger partial charge on any atom is 0.312 e. The van der Waals surface area contributed by atoms with E-state index in [2.05, 4.69) is 15.3 Å². The maximum absolute atomic E-state index is 11.3. The van der Waals surface area contributed by atoms with Crippen LogP contribution in [-0.2, 0) is 11.2 Å². The topological polar surface area (TPSA) is 75.1 Å². The predicted octanol–water partition coefficient (Wildman–Crippen LogP) is 3.22. The molecular weight excluding hydrogens is 286 g/mol. The molecule has 0 radical (unpaired) electrons. The Morgan fingerprint density at radius 3 is 3.10 bits per heavy atom. The van der Waals surface area contributed by atoms with E-state index in [0.717, 1.165) is 34.2 Å². The van der Waals surface area contributed by atoms with Crippen LogP contribution < -0.4 is 5.32 Å². The lowest BCUT2D eigenvalue weighted by molar-refractivity contribution is -0.139. The normalized spacial score (nSPS) is 18.8. The number of thiazole rings is 1. The van der Waals surface area contributed by atoms with E-state index in [4.69, 9.17) is 0 Å². The molecule has 2 unspecified atom stereocenters. The van der Waals surface area contributed by atoms with Gasteiger partial charge in [0.15, 0.2) is 5.13 Å².